The average Bonchev–Trinajstić information content (AvgIpc) is 2.54. The molecule has 0 saturated heterocycles. The molecule has 122 valence electrons. The Morgan fingerprint density at radius 1 is 1.00 bits per heavy atom. The molecule has 0 bridgehead atoms. The Balaban J connectivity index is 1.76. The molecule has 1 aromatic heterocycles. The molecule has 1 N–H and O–H groups in total. The van der Waals surface area contributed by atoms with E-state index in [0.29, 0.717) is 6.61 Å². The van der Waals surface area contributed by atoms with Crippen LogP contribution in [-0.4, -0.2) is 51.8 Å². The molecule has 1 aromatic carbocycles. The van der Waals surface area contributed by atoms with E-state index < -0.39 is 0 Å². The number of hydrogen-bond donors (Lipinski definition) is 1. The third-order valence-corrected chi connectivity index (χ3v) is 3.91. The molecule has 4 nitrogen and oxygen atoms in total. The van der Waals surface area contributed by atoms with Crippen molar-refractivity contribution in [2.24, 2.45) is 0 Å². The Bertz CT molecular complexity index is 654. The van der Waals surface area contributed by atoms with Gasteiger partial charge in [-0.25, -0.2) is 0 Å². The smallest absolute Gasteiger partial charge is 0.248 e. The molecule has 0 aliphatic rings. The van der Waals surface area contributed by atoms with Crippen molar-refractivity contribution in [3.05, 3.63) is 40.7 Å². The van der Waals surface area contributed by atoms with Crippen LogP contribution in [0.2, 0.25) is 12.6 Å². The molecule has 1 heterocycles. The van der Waals surface area contributed by atoms with E-state index in [1.807, 2.05) is 24.3 Å². The van der Waals surface area contributed by atoms with Gasteiger partial charge in [0.05, 0.1) is 12.1 Å². The van der Waals surface area contributed by atoms with E-state index in [2.05, 4.69) is 25.6 Å². The molecule has 2 aromatic rings. The zero-order valence-electron chi connectivity index (χ0n) is 14.3. The Hall–Kier alpha value is -1.68. The van der Waals surface area contributed by atoms with E-state index in [1.165, 1.54) is 25.7 Å². The molecule has 0 atom stereocenters. The number of nitrogens with zero attached hydrogens (tertiary/aromatic N) is 1. The van der Waals surface area contributed by atoms with Gasteiger partial charge in [0.25, 0.3) is 0 Å². The predicted molar refractivity (Wildman–Crippen MR) is 102 cm³/mol. The summed E-state index contributed by atoms with van der Waals surface area (Å²) in [6, 6.07) is 9.21. The average molecular weight is 312 g/mol. The number of ether oxygens (including phenoxy) is 1. The molecular weight excluding hydrogens is 286 g/mol. The summed E-state index contributed by atoms with van der Waals surface area (Å²) in [5.74, 6) is 0.818. The maximum Gasteiger partial charge on any atom is 0.248 e. The fraction of sp³-hybridized carbons (Fsp3) is 0.471. The molecule has 0 unspecified atom stereocenters. The molecule has 23 heavy (non-hydrogen) atoms. The first-order valence-corrected chi connectivity index (χ1v) is 8.71. The van der Waals surface area contributed by atoms with Crippen LogP contribution in [0.3, 0.4) is 0 Å². The Morgan fingerprint density at radius 3 is 2.48 bits per heavy atom. The Labute approximate surface area is 140 Å². The van der Waals surface area contributed by atoms with E-state index in [9.17, 15) is 4.79 Å². The minimum atomic E-state index is -0.0819. The maximum atomic E-state index is 11.4. The van der Waals surface area contributed by atoms with Crippen molar-refractivity contribution in [1.82, 2.24) is 9.88 Å². The number of pyridine rings is 1. The lowest BCUT2D eigenvalue weighted by Gasteiger charge is -2.20. The third kappa shape index (κ3) is 5.79. The summed E-state index contributed by atoms with van der Waals surface area (Å²) < 4.78 is 5.82. The highest BCUT2D eigenvalue weighted by molar-refractivity contribution is 6.09. The number of aromatic nitrogens is 1. The number of hydrogen-bond acceptors (Lipinski definition) is 3. The largest absolute Gasteiger partial charge is 0.494 e. The van der Waals surface area contributed by atoms with Gasteiger partial charge in [0.2, 0.25) is 5.56 Å². The lowest BCUT2D eigenvalue weighted by molar-refractivity contribution is 0.266. The van der Waals surface area contributed by atoms with E-state index in [0.717, 1.165) is 36.0 Å². The highest BCUT2D eigenvalue weighted by atomic mass is 16.5. The Morgan fingerprint density at radius 2 is 1.74 bits per heavy atom. The number of fused-ring (bicyclic) bond motifs is 1. The van der Waals surface area contributed by atoms with E-state index in [-0.39, 0.29) is 5.56 Å². The lowest BCUT2D eigenvalue weighted by atomic mass is 10.0. The fourth-order valence-corrected chi connectivity index (χ4v) is 2.81. The number of rotatable bonds is 10. The van der Waals surface area contributed by atoms with Gasteiger partial charge in [-0.1, -0.05) is 12.6 Å². The van der Waals surface area contributed by atoms with Crippen LogP contribution in [0, 0.1) is 0 Å². The van der Waals surface area contributed by atoms with Gasteiger partial charge in [0, 0.05) is 12.1 Å². The monoisotopic (exact) mass is 312 g/mol. The second-order valence-corrected chi connectivity index (χ2v) is 5.97. The second kappa shape index (κ2) is 9.46. The first kappa shape index (κ1) is 17.7. The van der Waals surface area contributed by atoms with Crippen LogP contribution in [0.4, 0.5) is 0 Å². The lowest BCUT2D eigenvalue weighted by Crippen LogP contribution is -2.27. The minimum Gasteiger partial charge on any atom is -0.494 e. The molecule has 0 amide bonds. The van der Waals surface area contributed by atoms with Crippen LogP contribution in [0.25, 0.3) is 10.9 Å². The van der Waals surface area contributed by atoms with Crippen LogP contribution < -0.4 is 10.3 Å². The van der Waals surface area contributed by atoms with Crippen LogP contribution in [0.1, 0.15) is 12.8 Å². The van der Waals surface area contributed by atoms with Gasteiger partial charge in [-0.3, -0.25) is 4.79 Å². The summed E-state index contributed by atoms with van der Waals surface area (Å²) in [7, 11) is 4.46. The number of aromatic amines is 1. The van der Waals surface area contributed by atoms with Crippen molar-refractivity contribution in [1.29, 1.82) is 0 Å². The van der Waals surface area contributed by atoms with Crippen molar-refractivity contribution in [3.8, 4) is 5.75 Å². The van der Waals surface area contributed by atoms with E-state index in [4.69, 9.17) is 4.74 Å². The molecule has 0 spiro atoms. The number of unbranched alkanes of at least 4 members (excludes halogenated alkanes) is 1. The van der Waals surface area contributed by atoms with Gasteiger partial charge in [0.15, 0.2) is 0 Å². The molecule has 2 rings (SSSR count). The van der Waals surface area contributed by atoms with Gasteiger partial charge in [-0.15, -0.1) is 0 Å². The van der Waals surface area contributed by atoms with Crippen LogP contribution >= 0.6 is 0 Å². The van der Waals surface area contributed by atoms with Gasteiger partial charge >= 0.3 is 0 Å². The summed E-state index contributed by atoms with van der Waals surface area (Å²) in [6.45, 7) is 4.24. The normalized spacial score (nSPS) is 11.2. The molecule has 0 radical (unpaired) electrons. The molecule has 0 aliphatic carbocycles. The quantitative estimate of drug-likeness (QED) is 0.528. The first-order valence-electron chi connectivity index (χ1n) is 8.71. The second-order valence-electron chi connectivity index (χ2n) is 5.97. The zero-order chi connectivity index (χ0) is 16.5. The summed E-state index contributed by atoms with van der Waals surface area (Å²) in [5.41, 5.74) is 0.744. The van der Waals surface area contributed by atoms with Crippen LogP contribution in [0.15, 0.2) is 35.1 Å². The first-order chi connectivity index (χ1) is 11.2. The van der Waals surface area contributed by atoms with Crippen LogP contribution in [-0.2, 0) is 0 Å². The third-order valence-electron chi connectivity index (χ3n) is 3.91. The summed E-state index contributed by atoms with van der Waals surface area (Å²) in [4.78, 5) is 16.7. The zero-order valence-corrected chi connectivity index (χ0v) is 14.3. The van der Waals surface area contributed by atoms with Crippen molar-refractivity contribution >= 4 is 26.6 Å². The number of nitrogens with one attached hydrogen (secondary N) is 1. The maximum absolute atomic E-state index is 11.4. The summed E-state index contributed by atoms with van der Waals surface area (Å²) >= 11 is 0. The van der Waals surface area contributed by atoms with E-state index >= 15 is 0 Å². The highest BCUT2D eigenvalue weighted by Crippen LogP contribution is 2.18. The minimum absolute atomic E-state index is 0.0819. The summed E-state index contributed by atoms with van der Waals surface area (Å²) in [6.07, 6.45) is 4.63. The fourth-order valence-electron chi connectivity index (χ4n) is 2.81. The van der Waals surface area contributed by atoms with Gasteiger partial charge in [-0.2, -0.15) is 0 Å². The van der Waals surface area contributed by atoms with Gasteiger partial charge in [-0.05, 0) is 56.1 Å². The van der Waals surface area contributed by atoms with E-state index in [1.54, 1.807) is 6.07 Å². The van der Waals surface area contributed by atoms with Crippen molar-refractivity contribution < 1.29 is 4.74 Å². The SMILES string of the molecule is BCCN(CCB)CCCCOc1ccc2ccc(=O)[nH]c2c1. The van der Waals surface area contributed by atoms with Crippen molar-refractivity contribution in [3.63, 3.8) is 0 Å². The summed E-state index contributed by atoms with van der Waals surface area (Å²) in [5, 5.41) is 1.02. The van der Waals surface area contributed by atoms with Gasteiger partial charge in [0.1, 0.15) is 21.4 Å². The van der Waals surface area contributed by atoms with Crippen molar-refractivity contribution in [2.75, 3.05) is 26.2 Å². The molecule has 0 aliphatic heterocycles. The number of benzene rings is 1. The predicted octanol–water partition coefficient (Wildman–Crippen LogP) is 1.09. The molecule has 0 saturated carbocycles. The highest BCUT2D eigenvalue weighted by Gasteiger charge is 2.02. The number of H-pyrrole nitrogens is 1. The van der Waals surface area contributed by atoms with Gasteiger partial charge < -0.3 is 14.6 Å². The van der Waals surface area contributed by atoms with Crippen molar-refractivity contribution in [2.45, 2.75) is 25.5 Å². The Kier molecular flexibility index (Phi) is 7.27. The van der Waals surface area contributed by atoms with Crippen LogP contribution in [0.5, 0.6) is 5.75 Å². The standard InChI is InChI=1S/C17H26B2N2O2/c18-7-10-21(11-8-19)9-1-2-12-23-15-5-3-14-4-6-17(22)20-16(14)13-15/h3-6,13H,1-2,7-12,18-19H2,(H,20,22). The molecule has 6 heteroatoms. The topological polar surface area (TPSA) is 45.3 Å². The molecular formula is C17H26B2N2O2. The molecule has 0 fully saturated rings.